The van der Waals surface area contributed by atoms with E-state index < -0.39 is 11.9 Å². The number of unbranched alkanes of at least 4 members (excludes halogenated alkanes) is 10. The van der Waals surface area contributed by atoms with Crippen molar-refractivity contribution in [1.29, 1.82) is 0 Å². The van der Waals surface area contributed by atoms with Gasteiger partial charge in [-0.3, -0.25) is 0 Å². The summed E-state index contributed by atoms with van der Waals surface area (Å²) >= 11 is 0. The van der Waals surface area contributed by atoms with Crippen LogP contribution < -0.4 is 19.3 Å². The molecule has 0 radical (unpaired) electrons. The van der Waals surface area contributed by atoms with E-state index in [0.29, 0.717) is 10.8 Å². The Kier molecular flexibility index (Phi) is 16.5. The number of aromatic nitrogens is 6. The van der Waals surface area contributed by atoms with E-state index >= 15 is 0 Å². The predicted octanol–water partition coefficient (Wildman–Crippen LogP) is 6.49. The number of rotatable bonds is 22. The number of aryl methyl sites for hydroxylation is 2. The van der Waals surface area contributed by atoms with Gasteiger partial charge in [0.15, 0.2) is 0 Å². The topological polar surface area (TPSA) is 116 Å². The van der Waals surface area contributed by atoms with Gasteiger partial charge in [-0.1, -0.05) is 102 Å². The van der Waals surface area contributed by atoms with Crippen molar-refractivity contribution in [2.24, 2.45) is 0 Å². The van der Waals surface area contributed by atoms with E-state index in [2.05, 4.69) is 97.3 Å². The van der Waals surface area contributed by atoms with Crippen LogP contribution in [0.4, 0.5) is 0 Å². The fourth-order valence-electron chi connectivity index (χ4n) is 7.10. The third-order valence-electron chi connectivity index (χ3n) is 10.1. The van der Waals surface area contributed by atoms with E-state index in [4.69, 9.17) is 0 Å². The summed E-state index contributed by atoms with van der Waals surface area (Å²) in [5.74, 6) is -2.52. The Balaban J connectivity index is 0.000000311. The van der Waals surface area contributed by atoms with Crippen LogP contribution in [-0.4, -0.2) is 30.6 Å². The minimum Gasteiger partial charge on any atom is -0.545 e. The maximum absolute atomic E-state index is 10.6. The van der Waals surface area contributed by atoms with E-state index in [-0.39, 0.29) is 11.1 Å². The summed E-state index contributed by atoms with van der Waals surface area (Å²) in [7, 11) is 0. The first kappa shape index (κ1) is 41.6. The molecule has 6 rings (SSSR count). The van der Waals surface area contributed by atoms with Crippen LogP contribution in [0.1, 0.15) is 128 Å². The van der Waals surface area contributed by atoms with Crippen molar-refractivity contribution in [2.45, 2.75) is 124 Å². The summed E-state index contributed by atoms with van der Waals surface area (Å²) in [6, 6.07) is 15.8. The monoisotopic (exact) mass is 758 g/mol. The number of carbonyl (C=O) groups is 2. The second-order valence-corrected chi connectivity index (χ2v) is 14.9. The van der Waals surface area contributed by atoms with Gasteiger partial charge in [0.05, 0.1) is 31.4 Å². The molecule has 10 nitrogen and oxygen atoms in total. The molecule has 0 fully saturated rings. The molecule has 0 saturated heterocycles. The van der Waals surface area contributed by atoms with E-state index in [1.165, 1.54) is 130 Å². The molecule has 0 aliphatic heterocycles. The number of fused-ring (bicyclic) bond motifs is 1. The Morgan fingerprint density at radius 1 is 0.571 bits per heavy atom. The molecule has 10 heteroatoms. The molecule has 0 N–H and O–H groups in total. The molecule has 0 spiro atoms. The van der Waals surface area contributed by atoms with Crippen LogP contribution >= 0.6 is 0 Å². The van der Waals surface area contributed by atoms with Gasteiger partial charge in [-0.2, -0.15) is 0 Å². The van der Waals surface area contributed by atoms with Crippen LogP contribution in [0.25, 0.3) is 10.8 Å². The second kappa shape index (κ2) is 22.1. The lowest BCUT2D eigenvalue weighted by atomic mass is 10.0. The molecule has 0 saturated carbocycles. The number of aromatic carboxylic acids is 2. The number of nitrogens with zero attached hydrogens (tertiary/aromatic N) is 6. The Morgan fingerprint density at radius 3 is 1.48 bits per heavy atom. The van der Waals surface area contributed by atoms with Crippen LogP contribution in [0.3, 0.4) is 0 Å². The molecule has 3 aromatic carbocycles. The number of hydrogen-bond acceptors (Lipinski definition) is 5. The van der Waals surface area contributed by atoms with E-state index in [1.54, 1.807) is 0 Å². The van der Waals surface area contributed by atoms with Gasteiger partial charge >= 0.3 is 0 Å². The third kappa shape index (κ3) is 13.7. The summed E-state index contributed by atoms with van der Waals surface area (Å²) in [5.41, 5.74) is 4.15. The zero-order valence-corrected chi connectivity index (χ0v) is 33.2. The molecule has 6 aromatic rings. The smallest absolute Gasteiger partial charge is 0.244 e. The zero-order valence-electron chi connectivity index (χ0n) is 33.2. The average Bonchev–Trinajstić information content (AvgIpc) is 3.98. The highest BCUT2D eigenvalue weighted by Crippen LogP contribution is 2.18. The quantitative estimate of drug-likeness (QED) is 0.0580. The van der Waals surface area contributed by atoms with Crippen LogP contribution in [0.5, 0.6) is 0 Å². The van der Waals surface area contributed by atoms with Gasteiger partial charge in [-0.05, 0) is 82.5 Å². The van der Waals surface area contributed by atoms with Gasteiger partial charge in [0.1, 0.15) is 37.9 Å². The summed E-state index contributed by atoms with van der Waals surface area (Å²) < 4.78 is 11.5. The zero-order chi connectivity index (χ0) is 39.5. The molecular weight excluding hydrogens is 701 g/mol. The molecule has 0 unspecified atom stereocenters. The first-order valence-corrected chi connectivity index (χ1v) is 20.4. The number of carboxylic acids is 2. The predicted molar refractivity (Wildman–Crippen MR) is 215 cm³/mol. The minimum absolute atomic E-state index is 0.0636. The normalized spacial score (nSPS) is 11.1. The molecular formula is C46H58N6O4. The van der Waals surface area contributed by atoms with Gasteiger partial charge in [-0.25, -0.2) is 23.3 Å². The first-order valence-electron chi connectivity index (χ1n) is 20.4. The molecule has 0 atom stereocenters. The third-order valence-corrected chi connectivity index (χ3v) is 10.1. The molecule has 3 aromatic heterocycles. The van der Waals surface area contributed by atoms with Crippen LogP contribution in [0.2, 0.25) is 0 Å². The highest BCUT2D eigenvalue weighted by atomic mass is 16.4. The lowest BCUT2D eigenvalue weighted by Gasteiger charge is -2.09. The van der Waals surface area contributed by atoms with Crippen LogP contribution in [0, 0.1) is 0 Å². The maximum atomic E-state index is 10.6. The summed E-state index contributed by atoms with van der Waals surface area (Å²) in [4.78, 5) is 25.5. The fraction of sp³-hybridized carbons (Fsp3) is 0.413. The van der Waals surface area contributed by atoms with Crippen molar-refractivity contribution in [3.05, 3.63) is 139 Å². The standard InChI is InChI=1S/C34H52N6.C12H8O4/c1-3-5-7-9-11-13-16-36-19-21-39(30-36)27-33-23-32(26-38-18-15-35-29-38)24-34(25-33)28-40-22-20-37(31-40)17-14-12-10-8-6-4-2;13-11(14)9-3-1-7-5-10(12(15)16)4-2-8(7)6-9/h15,18-25,29-31H,3-14,16-17,26-28H2,1-2H3;1-6H,(H,13,14)(H,15,16)/q+2;/p-2. The van der Waals surface area contributed by atoms with Crippen molar-refractivity contribution >= 4 is 22.7 Å². The van der Waals surface area contributed by atoms with Crippen LogP contribution in [-0.2, 0) is 32.7 Å². The van der Waals surface area contributed by atoms with Crippen molar-refractivity contribution in [3.63, 3.8) is 0 Å². The lowest BCUT2D eigenvalue weighted by Crippen LogP contribution is -2.33. The molecule has 0 amide bonds. The van der Waals surface area contributed by atoms with Gasteiger partial charge < -0.3 is 24.4 Å². The summed E-state index contributed by atoms with van der Waals surface area (Å²) in [5, 5.41) is 22.5. The van der Waals surface area contributed by atoms with Crippen molar-refractivity contribution in [3.8, 4) is 0 Å². The Morgan fingerprint density at radius 2 is 1.04 bits per heavy atom. The van der Waals surface area contributed by atoms with E-state index in [0.717, 1.165) is 32.7 Å². The molecule has 0 aliphatic carbocycles. The SMILES string of the molecule is CCCCCCCCn1cc[n+](Cc2cc(Cn3ccnc3)cc(C[n+]3ccn(CCCCCCCC)c3)c2)c1.O=C([O-])c1ccc2cc(C(=O)[O-])ccc2c1. The maximum Gasteiger partial charge on any atom is 0.244 e. The molecule has 3 heterocycles. The number of carbonyl (C=O) groups excluding carboxylic acids is 2. The largest absolute Gasteiger partial charge is 0.545 e. The number of imidazole rings is 3. The lowest BCUT2D eigenvalue weighted by molar-refractivity contribution is -0.688. The minimum atomic E-state index is -1.26. The summed E-state index contributed by atoms with van der Waals surface area (Å²) in [6.45, 7) is 9.39. The Hall–Kier alpha value is -5.51. The van der Waals surface area contributed by atoms with Gasteiger partial charge in [0.2, 0.25) is 12.7 Å². The number of carboxylic acid groups (broad SMARTS) is 2. The number of benzene rings is 3. The van der Waals surface area contributed by atoms with Crippen molar-refractivity contribution in [2.75, 3.05) is 0 Å². The van der Waals surface area contributed by atoms with E-state index in [1.807, 2.05) is 18.7 Å². The molecule has 56 heavy (non-hydrogen) atoms. The van der Waals surface area contributed by atoms with Gasteiger partial charge in [0, 0.05) is 18.9 Å². The highest BCUT2D eigenvalue weighted by molar-refractivity contribution is 5.97. The first-order chi connectivity index (χ1) is 27.3. The van der Waals surface area contributed by atoms with E-state index in [9.17, 15) is 19.8 Å². The fourth-order valence-corrected chi connectivity index (χ4v) is 7.10. The Bertz CT molecular complexity index is 1970. The molecule has 0 aliphatic rings. The van der Waals surface area contributed by atoms with Gasteiger partial charge in [-0.15, -0.1) is 0 Å². The van der Waals surface area contributed by atoms with Crippen molar-refractivity contribution in [1.82, 2.24) is 18.7 Å². The van der Waals surface area contributed by atoms with Crippen molar-refractivity contribution < 1.29 is 28.9 Å². The summed E-state index contributed by atoms with van der Waals surface area (Å²) in [6.07, 6.45) is 35.3. The number of hydrogen-bond donors (Lipinski definition) is 0. The van der Waals surface area contributed by atoms with Crippen LogP contribution in [0.15, 0.2) is 111 Å². The second-order valence-electron chi connectivity index (χ2n) is 14.9. The molecule has 296 valence electrons. The van der Waals surface area contributed by atoms with Gasteiger partial charge in [0.25, 0.3) is 0 Å². The highest BCUT2D eigenvalue weighted by Gasteiger charge is 2.11. The Labute approximate surface area is 331 Å². The molecule has 0 bridgehead atoms. The average molecular weight is 759 g/mol.